The number of aliphatic hydroxyl groups is 2. The van der Waals surface area contributed by atoms with Crippen LogP contribution in [0.5, 0.6) is 0 Å². The Kier molecular flexibility index (Phi) is 4.31. The molecule has 1 unspecified atom stereocenters. The van der Waals surface area contributed by atoms with Gasteiger partial charge < -0.3 is 15.3 Å². The van der Waals surface area contributed by atoms with Gasteiger partial charge in [-0.15, -0.1) is 11.3 Å². The molecule has 0 bridgehead atoms. The lowest BCUT2D eigenvalue weighted by Crippen LogP contribution is -2.29. The zero-order valence-electron chi connectivity index (χ0n) is 10.1. The number of aliphatic hydroxyl groups excluding tert-OH is 1. The van der Waals surface area contributed by atoms with Crippen molar-refractivity contribution in [2.24, 2.45) is 5.92 Å². The molecule has 0 radical (unpaired) electrons. The molecule has 0 amide bonds. The maximum atomic E-state index is 10.9. The van der Waals surface area contributed by atoms with Gasteiger partial charge in [-0.25, -0.2) is 0 Å². The Labute approximate surface area is 114 Å². The minimum absolute atomic E-state index is 0.0950. The van der Waals surface area contributed by atoms with E-state index in [1.165, 1.54) is 0 Å². The van der Waals surface area contributed by atoms with Crippen molar-refractivity contribution in [2.75, 3.05) is 0 Å². The molecular formula is C14H14O4S. The van der Waals surface area contributed by atoms with Crippen LogP contribution in [0.4, 0.5) is 0 Å². The molecule has 1 heterocycles. The number of rotatable bonds is 5. The SMILES string of the molecule is O=C(O)C(Cc1ccc(-c2cccs2)cc1)C(O)O. The molecule has 1 atom stereocenters. The lowest BCUT2D eigenvalue weighted by Gasteiger charge is -2.14. The molecule has 0 aliphatic heterocycles. The fraction of sp³-hybridized carbons (Fsp3) is 0.214. The Hall–Kier alpha value is -1.69. The quantitative estimate of drug-likeness (QED) is 0.731. The third-order valence-electron chi connectivity index (χ3n) is 2.89. The van der Waals surface area contributed by atoms with Gasteiger partial charge in [0.25, 0.3) is 0 Å². The summed E-state index contributed by atoms with van der Waals surface area (Å²) in [5, 5.41) is 28.9. The van der Waals surface area contributed by atoms with E-state index in [4.69, 9.17) is 15.3 Å². The van der Waals surface area contributed by atoms with Crippen molar-refractivity contribution in [3.8, 4) is 10.4 Å². The summed E-state index contributed by atoms with van der Waals surface area (Å²) in [7, 11) is 0. The van der Waals surface area contributed by atoms with Crippen LogP contribution in [0.3, 0.4) is 0 Å². The maximum absolute atomic E-state index is 10.9. The Bertz CT molecular complexity index is 531. The van der Waals surface area contributed by atoms with Gasteiger partial charge in [-0.2, -0.15) is 0 Å². The topological polar surface area (TPSA) is 77.8 Å². The molecule has 19 heavy (non-hydrogen) atoms. The zero-order valence-corrected chi connectivity index (χ0v) is 10.9. The molecule has 0 saturated carbocycles. The molecule has 3 N–H and O–H groups in total. The highest BCUT2D eigenvalue weighted by atomic mass is 32.1. The molecule has 2 rings (SSSR count). The first kappa shape index (κ1) is 13.7. The van der Waals surface area contributed by atoms with E-state index in [1.807, 2.05) is 41.8 Å². The maximum Gasteiger partial charge on any atom is 0.312 e. The summed E-state index contributed by atoms with van der Waals surface area (Å²) >= 11 is 1.63. The van der Waals surface area contributed by atoms with E-state index in [0.717, 1.165) is 16.0 Å². The van der Waals surface area contributed by atoms with Gasteiger partial charge in [0.05, 0.1) is 0 Å². The largest absolute Gasteiger partial charge is 0.481 e. The first-order valence-electron chi connectivity index (χ1n) is 5.79. The second kappa shape index (κ2) is 5.97. The van der Waals surface area contributed by atoms with E-state index in [0.29, 0.717) is 0 Å². The van der Waals surface area contributed by atoms with Crippen LogP contribution in [-0.4, -0.2) is 27.6 Å². The number of thiophene rings is 1. The third-order valence-corrected chi connectivity index (χ3v) is 3.81. The molecule has 5 heteroatoms. The van der Waals surface area contributed by atoms with E-state index in [1.54, 1.807) is 11.3 Å². The van der Waals surface area contributed by atoms with Crippen molar-refractivity contribution in [2.45, 2.75) is 12.7 Å². The molecule has 1 aromatic carbocycles. The summed E-state index contributed by atoms with van der Waals surface area (Å²) in [4.78, 5) is 12.0. The van der Waals surface area contributed by atoms with Crippen LogP contribution in [-0.2, 0) is 11.2 Å². The third kappa shape index (κ3) is 3.41. The second-order valence-electron chi connectivity index (χ2n) is 4.24. The van der Waals surface area contributed by atoms with Crippen LogP contribution in [0, 0.1) is 5.92 Å². The summed E-state index contributed by atoms with van der Waals surface area (Å²) in [5.74, 6) is -2.41. The van der Waals surface area contributed by atoms with Gasteiger partial charge in [0.15, 0.2) is 6.29 Å². The summed E-state index contributed by atoms with van der Waals surface area (Å²) in [6.45, 7) is 0. The molecule has 0 saturated heterocycles. The van der Waals surface area contributed by atoms with Crippen LogP contribution in [0.15, 0.2) is 41.8 Å². The van der Waals surface area contributed by atoms with Crippen LogP contribution in [0.2, 0.25) is 0 Å². The molecule has 0 aliphatic rings. The van der Waals surface area contributed by atoms with Crippen LogP contribution < -0.4 is 0 Å². The lowest BCUT2D eigenvalue weighted by molar-refractivity contribution is -0.158. The van der Waals surface area contributed by atoms with E-state index < -0.39 is 18.2 Å². The van der Waals surface area contributed by atoms with Gasteiger partial charge in [0.2, 0.25) is 0 Å². The Morgan fingerprint density at radius 1 is 1.16 bits per heavy atom. The van der Waals surface area contributed by atoms with E-state index >= 15 is 0 Å². The highest BCUT2D eigenvalue weighted by molar-refractivity contribution is 7.13. The van der Waals surface area contributed by atoms with Gasteiger partial charge in [0, 0.05) is 4.88 Å². The summed E-state index contributed by atoms with van der Waals surface area (Å²) in [6, 6.07) is 11.4. The highest BCUT2D eigenvalue weighted by Gasteiger charge is 2.24. The number of hydrogen-bond acceptors (Lipinski definition) is 4. The minimum atomic E-state index is -1.85. The van der Waals surface area contributed by atoms with Crippen LogP contribution in [0.1, 0.15) is 5.56 Å². The van der Waals surface area contributed by atoms with Crippen molar-refractivity contribution in [3.05, 3.63) is 47.3 Å². The van der Waals surface area contributed by atoms with Crippen molar-refractivity contribution in [1.82, 2.24) is 0 Å². The minimum Gasteiger partial charge on any atom is -0.481 e. The van der Waals surface area contributed by atoms with Gasteiger partial charge in [0.1, 0.15) is 5.92 Å². The molecule has 4 nitrogen and oxygen atoms in total. The van der Waals surface area contributed by atoms with Gasteiger partial charge in [-0.3, -0.25) is 4.79 Å². The van der Waals surface area contributed by atoms with E-state index in [-0.39, 0.29) is 6.42 Å². The standard InChI is InChI=1S/C14H14O4S/c15-13(16)11(14(17)18)8-9-3-5-10(6-4-9)12-2-1-7-19-12/h1-7,11,13,15-16H,8H2,(H,17,18). The van der Waals surface area contributed by atoms with Gasteiger partial charge in [-0.1, -0.05) is 30.3 Å². The van der Waals surface area contributed by atoms with Gasteiger partial charge >= 0.3 is 5.97 Å². The predicted molar refractivity (Wildman–Crippen MR) is 72.8 cm³/mol. The summed E-state index contributed by atoms with van der Waals surface area (Å²) < 4.78 is 0. The average molecular weight is 278 g/mol. The number of carbonyl (C=O) groups is 1. The number of carboxylic acid groups (broad SMARTS) is 1. The Morgan fingerprint density at radius 3 is 2.32 bits per heavy atom. The normalized spacial score (nSPS) is 12.6. The number of aliphatic carboxylic acids is 1. The molecule has 2 aromatic rings. The van der Waals surface area contributed by atoms with Gasteiger partial charge in [-0.05, 0) is 29.0 Å². The smallest absolute Gasteiger partial charge is 0.312 e. The van der Waals surface area contributed by atoms with Crippen molar-refractivity contribution >= 4 is 17.3 Å². The van der Waals surface area contributed by atoms with Crippen molar-refractivity contribution < 1.29 is 20.1 Å². The first-order valence-corrected chi connectivity index (χ1v) is 6.67. The number of hydrogen-bond donors (Lipinski definition) is 3. The molecular weight excluding hydrogens is 264 g/mol. The van der Waals surface area contributed by atoms with E-state index in [9.17, 15) is 4.79 Å². The zero-order chi connectivity index (χ0) is 13.8. The first-order chi connectivity index (χ1) is 9.08. The van der Waals surface area contributed by atoms with Crippen LogP contribution >= 0.6 is 11.3 Å². The average Bonchev–Trinajstić information content (AvgIpc) is 2.89. The molecule has 0 spiro atoms. The number of benzene rings is 1. The second-order valence-corrected chi connectivity index (χ2v) is 5.18. The molecule has 0 fully saturated rings. The van der Waals surface area contributed by atoms with Crippen molar-refractivity contribution in [3.63, 3.8) is 0 Å². The highest BCUT2D eigenvalue weighted by Crippen LogP contribution is 2.25. The fourth-order valence-electron chi connectivity index (χ4n) is 1.82. The summed E-state index contributed by atoms with van der Waals surface area (Å²) in [5.41, 5.74) is 1.83. The van der Waals surface area contributed by atoms with Crippen LogP contribution in [0.25, 0.3) is 10.4 Å². The van der Waals surface area contributed by atoms with Crippen molar-refractivity contribution in [1.29, 1.82) is 0 Å². The molecule has 1 aromatic heterocycles. The number of carboxylic acids is 1. The Morgan fingerprint density at radius 2 is 1.84 bits per heavy atom. The fourth-order valence-corrected chi connectivity index (χ4v) is 2.56. The monoisotopic (exact) mass is 278 g/mol. The lowest BCUT2D eigenvalue weighted by atomic mass is 9.98. The van der Waals surface area contributed by atoms with E-state index in [2.05, 4.69) is 0 Å². The molecule has 0 aliphatic carbocycles. The predicted octanol–water partition coefficient (Wildman–Crippen LogP) is 1.97. The summed E-state index contributed by atoms with van der Waals surface area (Å²) in [6.07, 6.45) is -1.76. The molecule has 100 valence electrons. The Balaban J connectivity index is 2.12.